The molecule has 0 saturated heterocycles. The van der Waals surface area contributed by atoms with E-state index in [4.69, 9.17) is 4.74 Å². The van der Waals surface area contributed by atoms with Gasteiger partial charge in [0.15, 0.2) is 0 Å². The number of amides is 2. The number of nitro groups is 1. The van der Waals surface area contributed by atoms with Gasteiger partial charge in [-0.3, -0.25) is 24.6 Å². The van der Waals surface area contributed by atoms with E-state index in [1.807, 2.05) is 0 Å². The summed E-state index contributed by atoms with van der Waals surface area (Å²) in [6, 6.07) is 10.8. The van der Waals surface area contributed by atoms with Crippen molar-refractivity contribution in [2.75, 3.05) is 19.1 Å². The van der Waals surface area contributed by atoms with Gasteiger partial charge in [0.05, 0.1) is 35.9 Å². The van der Waals surface area contributed by atoms with Crippen LogP contribution < -0.4 is 10.1 Å². The number of carbonyl (C=O) groups excluding carboxylic acids is 2. The number of ether oxygens (including phenoxy) is 1. The van der Waals surface area contributed by atoms with Crippen molar-refractivity contribution in [2.45, 2.75) is 0 Å². The van der Waals surface area contributed by atoms with Crippen LogP contribution in [-0.2, 0) is 0 Å². The molecule has 0 aliphatic carbocycles. The van der Waals surface area contributed by atoms with E-state index >= 15 is 0 Å². The van der Waals surface area contributed by atoms with Crippen molar-refractivity contribution in [3.05, 3.63) is 63.7 Å². The Hall–Kier alpha value is -3.42. The number of nitrogens with one attached hydrogen (secondary N) is 1. The van der Waals surface area contributed by atoms with Crippen LogP contribution >= 0.6 is 0 Å². The molecule has 1 aliphatic heterocycles. The molecule has 2 aromatic rings. The van der Waals surface area contributed by atoms with Crippen molar-refractivity contribution in [3.8, 4) is 5.75 Å². The fourth-order valence-corrected chi connectivity index (χ4v) is 2.49. The zero-order valence-electron chi connectivity index (χ0n) is 12.7. The molecule has 2 amide bonds. The second kappa shape index (κ2) is 5.99. The van der Waals surface area contributed by atoms with Gasteiger partial charge in [-0.15, -0.1) is 0 Å². The standard InChI is InChI=1S/C16H13N3O5/c1-24-10-6-7-13(14(8-10)19(22)23)17-9-18-15(20)11-4-2-3-5-12(11)16(18)21/h2-8,17H,9H2,1H3. The molecule has 0 aromatic heterocycles. The molecule has 1 heterocycles. The largest absolute Gasteiger partial charge is 0.496 e. The number of imide groups is 1. The van der Waals surface area contributed by atoms with Gasteiger partial charge in [0, 0.05) is 0 Å². The average Bonchev–Trinajstić information content (AvgIpc) is 2.84. The summed E-state index contributed by atoms with van der Waals surface area (Å²) in [7, 11) is 1.41. The number of anilines is 1. The van der Waals surface area contributed by atoms with E-state index < -0.39 is 16.7 Å². The average molecular weight is 327 g/mol. The molecule has 8 nitrogen and oxygen atoms in total. The van der Waals surface area contributed by atoms with Crippen LogP contribution in [0, 0.1) is 10.1 Å². The summed E-state index contributed by atoms with van der Waals surface area (Å²) in [5, 5.41) is 13.9. The highest BCUT2D eigenvalue weighted by Crippen LogP contribution is 2.29. The number of nitrogens with zero attached hydrogens (tertiary/aromatic N) is 2. The van der Waals surface area contributed by atoms with Crippen molar-refractivity contribution in [1.82, 2.24) is 4.90 Å². The van der Waals surface area contributed by atoms with Crippen LogP contribution in [0.4, 0.5) is 11.4 Å². The Labute approximate surface area is 136 Å². The first-order valence-corrected chi connectivity index (χ1v) is 7.04. The molecule has 3 rings (SSSR count). The maximum absolute atomic E-state index is 12.3. The van der Waals surface area contributed by atoms with Crippen molar-refractivity contribution in [1.29, 1.82) is 0 Å². The Kier molecular flexibility index (Phi) is 3.87. The topological polar surface area (TPSA) is 102 Å². The third-order valence-electron chi connectivity index (χ3n) is 3.71. The lowest BCUT2D eigenvalue weighted by Gasteiger charge is -2.16. The zero-order chi connectivity index (χ0) is 17.3. The highest BCUT2D eigenvalue weighted by molar-refractivity contribution is 6.21. The molecule has 0 fully saturated rings. The second-order valence-corrected chi connectivity index (χ2v) is 5.06. The van der Waals surface area contributed by atoms with Gasteiger partial charge in [0.25, 0.3) is 17.5 Å². The van der Waals surface area contributed by atoms with Crippen LogP contribution in [0.25, 0.3) is 0 Å². The normalized spacial score (nSPS) is 13.0. The van der Waals surface area contributed by atoms with E-state index in [0.717, 1.165) is 4.90 Å². The minimum absolute atomic E-state index is 0.167. The fraction of sp³-hybridized carbons (Fsp3) is 0.125. The Morgan fingerprint density at radius 1 is 1.12 bits per heavy atom. The first-order chi connectivity index (χ1) is 11.5. The molecule has 0 bridgehead atoms. The maximum atomic E-state index is 12.3. The number of methoxy groups -OCH3 is 1. The summed E-state index contributed by atoms with van der Waals surface area (Å²) in [6.45, 7) is -0.167. The van der Waals surface area contributed by atoms with Crippen molar-refractivity contribution >= 4 is 23.2 Å². The lowest BCUT2D eigenvalue weighted by atomic mass is 10.1. The van der Waals surface area contributed by atoms with Crippen LogP contribution in [0.1, 0.15) is 20.7 Å². The predicted octanol–water partition coefficient (Wildman–Crippen LogP) is 2.27. The van der Waals surface area contributed by atoms with Gasteiger partial charge in [-0.2, -0.15) is 0 Å². The van der Waals surface area contributed by atoms with Gasteiger partial charge in [-0.1, -0.05) is 12.1 Å². The third kappa shape index (κ3) is 2.54. The van der Waals surface area contributed by atoms with Crippen LogP contribution in [0.2, 0.25) is 0 Å². The van der Waals surface area contributed by atoms with Crippen molar-refractivity contribution < 1.29 is 19.2 Å². The molecule has 8 heteroatoms. The monoisotopic (exact) mass is 327 g/mol. The molecule has 1 aliphatic rings. The minimum atomic E-state index is -0.562. The third-order valence-corrected chi connectivity index (χ3v) is 3.71. The number of nitro benzene ring substituents is 1. The molecule has 0 saturated carbocycles. The van der Waals surface area contributed by atoms with E-state index in [9.17, 15) is 19.7 Å². The van der Waals surface area contributed by atoms with Gasteiger partial charge in [0.1, 0.15) is 11.4 Å². The number of carbonyl (C=O) groups is 2. The molecule has 2 aromatic carbocycles. The number of hydrogen-bond donors (Lipinski definition) is 1. The SMILES string of the molecule is COc1ccc(NCN2C(=O)c3ccccc3C2=O)c([N+](=O)[O-])c1. The summed E-state index contributed by atoms with van der Waals surface area (Å²) in [6.07, 6.45) is 0. The highest BCUT2D eigenvalue weighted by atomic mass is 16.6. The van der Waals surface area contributed by atoms with Gasteiger partial charge < -0.3 is 10.1 Å². The smallest absolute Gasteiger partial charge is 0.296 e. The highest BCUT2D eigenvalue weighted by Gasteiger charge is 2.35. The van der Waals surface area contributed by atoms with Gasteiger partial charge in [-0.05, 0) is 24.3 Å². The Bertz CT molecular complexity index is 814. The quantitative estimate of drug-likeness (QED) is 0.513. The Morgan fingerprint density at radius 2 is 1.75 bits per heavy atom. The van der Waals surface area contributed by atoms with E-state index in [0.29, 0.717) is 16.9 Å². The number of fused-ring (bicyclic) bond motifs is 1. The molecular formula is C16H13N3O5. The first-order valence-electron chi connectivity index (χ1n) is 7.04. The minimum Gasteiger partial charge on any atom is -0.496 e. The lowest BCUT2D eigenvalue weighted by Crippen LogP contribution is -2.34. The molecule has 0 radical (unpaired) electrons. The number of rotatable bonds is 5. The van der Waals surface area contributed by atoms with Crippen LogP contribution in [0.15, 0.2) is 42.5 Å². The summed E-state index contributed by atoms with van der Waals surface area (Å²) >= 11 is 0. The molecule has 0 unspecified atom stereocenters. The molecule has 24 heavy (non-hydrogen) atoms. The zero-order valence-corrected chi connectivity index (χ0v) is 12.7. The van der Waals surface area contributed by atoms with Crippen molar-refractivity contribution in [3.63, 3.8) is 0 Å². The second-order valence-electron chi connectivity index (χ2n) is 5.06. The Balaban J connectivity index is 1.81. The first kappa shape index (κ1) is 15.5. The van der Waals surface area contributed by atoms with Crippen molar-refractivity contribution in [2.24, 2.45) is 0 Å². The molecule has 122 valence electrons. The maximum Gasteiger partial charge on any atom is 0.296 e. The predicted molar refractivity (Wildman–Crippen MR) is 85.1 cm³/mol. The lowest BCUT2D eigenvalue weighted by molar-refractivity contribution is -0.384. The van der Waals surface area contributed by atoms with Gasteiger partial charge in [-0.25, -0.2) is 0 Å². The molecule has 1 N–H and O–H groups in total. The van der Waals surface area contributed by atoms with E-state index in [1.54, 1.807) is 30.3 Å². The molecule has 0 spiro atoms. The summed E-state index contributed by atoms with van der Waals surface area (Å²) in [4.78, 5) is 36.1. The van der Waals surface area contributed by atoms with E-state index in [2.05, 4.69) is 5.32 Å². The molecular weight excluding hydrogens is 314 g/mol. The number of benzene rings is 2. The van der Waals surface area contributed by atoms with Crippen LogP contribution in [-0.4, -0.2) is 35.4 Å². The van der Waals surface area contributed by atoms with Crippen LogP contribution in [0.3, 0.4) is 0 Å². The number of hydrogen-bond acceptors (Lipinski definition) is 6. The fourth-order valence-electron chi connectivity index (χ4n) is 2.49. The summed E-state index contributed by atoms with van der Waals surface area (Å²) in [5.41, 5.74) is 0.644. The van der Waals surface area contributed by atoms with E-state index in [1.165, 1.54) is 19.2 Å². The van der Waals surface area contributed by atoms with Gasteiger partial charge >= 0.3 is 0 Å². The van der Waals surface area contributed by atoms with Gasteiger partial charge in [0.2, 0.25) is 0 Å². The van der Waals surface area contributed by atoms with E-state index in [-0.39, 0.29) is 18.0 Å². The summed E-state index contributed by atoms with van der Waals surface area (Å²) in [5.74, 6) is -0.522. The molecule has 0 atom stereocenters. The summed E-state index contributed by atoms with van der Waals surface area (Å²) < 4.78 is 4.96. The van der Waals surface area contributed by atoms with Crippen LogP contribution in [0.5, 0.6) is 5.75 Å². The Morgan fingerprint density at radius 3 is 2.29 bits per heavy atom.